The van der Waals surface area contributed by atoms with Gasteiger partial charge in [-0.2, -0.15) is 0 Å². The normalized spacial score (nSPS) is 12.7. The molecule has 0 radical (unpaired) electrons. The highest BCUT2D eigenvalue weighted by molar-refractivity contribution is 5.69. The van der Waals surface area contributed by atoms with E-state index in [2.05, 4.69) is 20.8 Å². The van der Waals surface area contributed by atoms with E-state index in [-0.39, 0.29) is 17.0 Å². The van der Waals surface area contributed by atoms with Gasteiger partial charge in [-0.3, -0.25) is 4.79 Å². The standard InChI is InChI=1S/C12H24O2/c1-7-12(5,6)14-10(13)8-9-11(2,3)4/h7-9H2,1-6H3. The number of rotatable bonds is 4. The number of ether oxygens (including phenoxy) is 1. The van der Waals surface area contributed by atoms with Crippen LogP contribution < -0.4 is 0 Å². The fourth-order valence-corrected chi connectivity index (χ4v) is 0.908. The molecule has 0 fully saturated rings. The number of hydrogen-bond donors (Lipinski definition) is 0. The zero-order valence-corrected chi connectivity index (χ0v) is 10.4. The maximum atomic E-state index is 11.4. The first-order valence-corrected chi connectivity index (χ1v) is 5.38. The maximum Gasteiger partial charge on any atom is 0.306 e. The predicted octanol–water partition coefficient (Wildman–Crippen LogP) is 3.54. The van der Waals surface area contributed by atoms with Gasteiger partial charge in [-0.05, 0) is 32.1 Å². The molecule has 0 aliphatic heterocycles. The van der Waals surface area contributed by atoms with Gasteiger partial charge in [0, 0.05) is 6.42 Å². The van der Waals surface area contributed by atoms with Crippen LogP contribution in [0.3, 0.4) is 0 Å². The second-order valence-corrected chi connectivity index (χ2v) is 5.65. The lowest BCUT2D eigenvalue weighted by Gasteiger charge is -2.24. The molecule has 0 rings (SSSR count). The molecule has 0 N–H and O–H groups in total. The lowest BCUT2D eigenvalue weighted by Crippen LogP contribution is -2.27. The van der Waals surface area contributed by atoms with E-state index in [1.807, 2.05) is 20.8 Å². The van der Waals surface area contributed by atoms with Crippen molar-refractivity contribution < 1.29 is 9.53 Å². The zero-order valence-electron chi connectivity index (χ0n) is 10.4. The van der Waals surface area contributed by atoms with E-state index in [9.17, 15) is 4.79 Å². The molecule has 0 bridgehead atoms. The Kier molecular flexibility index (Phi) is 4.63. The Hall–Kier alpha value is -0.530. The molecule has 0 aromatic carbocycles. The van der Waals surface area contributed by atoms with Crippen molar-refractivity contribution in [3.05, 3.63) is 0 Å². The van der Waals surface area contributed by atoms with E-state index < -0.39 is 0 Å². The summed E-state index contributed by atoms with van der Waals surface area (Å²) >= 11 is 0. The van der Waals surface area contributed by atoms with Crippen LogP contribution in [-0.4, -0.2) is 11.6 Å². The molecule has 2 nitrogen and oxygen atoms in total. The third-order valence-electron chi connectivity index (χ3n) is 2.32. The second-order valence-electron chi connectivity index (χ2n) is 5.65. The second kappa shape index (κ2) is 4.81. The lowest BCUT2D eigenvalue weighted by atomic mass is 9.90. The fourth-order valence-electron chi connectivity index (χ4n) is 0.908. The molecule has 14 heavy (non-hydrogen) atoms. The quantitative estimate of drug-likeness (QED) is 0.649. The van der Waals surface area contributed by atoms with Crippen molar-refractivity contribution in [3.63, 3.8) is 0 Å². The zero-order chi connectivity index (χ0) is 11.4. The van der Waals surface area contributed by atoms with Crippen LogP contribution in [0.4, 0.5) is 0 Å². The minimum absolute atomic E-state index is 0.0771. The minimum Gasteiger partial charge on any atom is -0.460 e. The van der Waals surface area contributed by atoms with Gasteiger partial charge in [0.1, 0.15) is 5.60 Å². The topological polar surface area (TPSA) is 26.3 Å². The first kappa shape index (κ1) is 13.5. The summed E-state index contributed by atoms with van der Waals surface area (Å²) in [6.07, 6.45) is 2.26. The molecular formula is C12H24O2. The van der Waals surface area contributed by atoms with Gasteiger partial charge in [-0.1, -0.05) is 27.7 Å². The molecule has 0 unspecified atom stereocenters. The van der Waals surface area contributed by atoms with Gasteiger partial charge in [0.15, 0.2) is 0 Å². The summed E-state index contributed by atoms with van der Waals surface area (Å²) < 4.78 is 5.34. The van der Waals surface area contributed by atoms with Crippen molar-refractivity contribution in [2.75, 3.05) is 0 Å². The summed E-state index contributed by atoms with van der Waals surface area (Å²) in [6, 6.07) is 0. The van der Waals surface area contributed by atoms with Crippen LogP contribution in [0.1, 0.15) is 60.8 Å². The summed E-state index contributed by atoms with van der Waals surface area (Å²) in [4.78, 5) is 11.4. The van der Waals surface area contributed by atoms with Crippen molar-refractivity contribution in [1.82, 2.24) is 0 Å². The number of carbonyl (C=O) groups is 1. The first-order chi connectivity index (χ1) is 6.16. The molecule has 0 amide bonds. The monoisotopic (exact) mass is 200 g/mol. The Labute approximate surface area is 88.0 Å². The Morgan fingerprint density at radius 3 is 2.00 bits per heavy atom. The molecule has 0 saturated carbocycles. The molecule has 2 heteroatoms. The average Bonchev–Trinajstić information content (AvgIpc) is 1.99. The van der Waals surface area contributed by atoms with Crippen LogP contribution in [0, 0.1) is 5.41 Å². The summed E-state index contributed by atoms with van der Waals surface area (Å²) in [5, 5.41) is 0. The van der Waals surface area contributed by atoms with Crippen LogP contribution >= 0.6 is 0 Å². The summed E-state index contributed by atoms with van der Waals surface area (Å²) in [7, 11) is 0. The summed E-state index contributed by atoms with van der Waals surface area (Å²) in [5.74, 6) is -0.0771. The Morgan fingerprint density at radius 2 is 1.64 bits per heavy atom. The van der Waals surface area contributed by atoms with E-state index in [4.69, 9.17) is 4.74 Å². The van der Waals surface area contributed by atoms with Crippen molar-refractivity contribution in [3.8, 4) is 0 Å². The van der Waals surface area contributed by atoms with Gasteiger partial charge in [0.25, 0.3) is 0 Å². The van der Waals surface area contributed by atoms with Crippen molar-refractivity contribution in [2.24, 2.45) is 5.41 Å². The van der Waals surface area contributed by atoms with Gasteiger partial charge >= 0.3 is 5.97 Å². The van der Waals surface area contributed by atoms with Crippen LogP contribution in [0.2, 0.25) is 0 Å². The highest BCUT2D eigenvalue weighted by atomic mass is 16.6. The minimum atomic E-state index is -0.311. The molecule has 0 aromatic rings. The maximum absolute atomic E-state index is 11.4. The molecule has 0 heterocycles. The van der Waals surface area contributed by atoms with E-state index in [0.29, 0.717) is 6.42 Å². The molecule has 0 atom stereocenters. The van der Waals surface area contributed by atoms with Crippen LogP contribution in [0.25, 0.3) is 0 Å². The van der Waals surface area contributed by atoms with Gasteiger partial charge in [0.2, 0.25) is 0 Å². The van der Waals surface area contributed by atoms with Crippen LogP contribution in [0.15, 0.2) is 0 Å². The summed E-state index contributed by atoms with van der Waals surface area (Å²) in [6.45, 7) is 12.3. The molecular weight excluding hydrogens is 176 g/mol. The highest BCUT2D eigenvalue weighted by Gasteiger charge is 2.21. The molecule has 84 valence electrons. The Bertz CT molecular complexity index is 187. The third-order valence-corrected chi connectivity index (χ3v) is 2.32. The van der Waals surface area contributed by atoms with E-state index in [1.54, 1.807) is 0 Å². The molecule has 0 aromatic heterocycles. The van der Waals surface area contributed by atoms with Gasteiger partial charge < -0.3 is 4.74 Å². The molecule has 0 spiro atoms. The van der Waals surface area contributed by atoms with Crippen molar-refractivity contribution >= 4 is 5.97 Å². The average molecular weight is 200 g/mol. The largest absolute Gasteiger partial charge is 0.460 e. The third kappa shape index (κ3) is 6.93. The fraction of sp³-hybridized carbons (Fsp3) is 0.917. The molecule has 0 saturated heterocycles. The SMILES string of the molecule is CCC(C)(C)OC(=O)CCC(C)(C)C. The highest BCUT2D eigenvalue weighted by Crippen LogP contribution is 2.22. The van der Waals surface area contributed by atoms with E-state index in [0.717, 1.165) is 12.8 Å². The number of carbonyl (C=O) groups excluding carboxylic acids is 1. The predicted molar refractivity (Wildman–Crippen MR) is 59.2 cm³/mol. The smallest absolute Gasteiger partial charge is 0.306 e. The van der Waals surface area contributed by atoms with Crippen LogP contribution in [0.5, 0.6) is 0 Å². The molecule has 0 aliphatic rings. The van der Waals surface area contributed by atoms with Crippen molar-refractivity contribution in [2.45, 2.75) is 66.4 Å². The van der Waals surface area contributed by atoms with E-state index in [1.165, 1.54) is 0 Å². The first-order valence-electron chi connectivity index (χ1n) is 5.38. The van der Waals surface area contributed by atoms with Gasteiger partial charge in [0.05, 0.1) is 0 Å². The Morgan fingerprint density at radius 1 is 1.14 bits per heavy atom. The lowest BCUT2D eigenvalue weighted by molar-refractivity contribution is -0.157. The van der Waals surface area contributed by atoms with Gasteiger partial charge in [-0.15, -0.1) is 0 Å². The number of esters is 1. The molecule has 0 aliphatic carbocycles. The van der Waals surface area contributed by atoms with Gasteiger partial charge in [-0.25, -0.2) is 0 Å². The number of hydrogen-bond acceptors (Lipinski definition) is 2. The Balaban J connectivity index is 3.89. The van der Waals surface area contributed by atoms with Crippen molar-refractivity contribution in [1.29, 1.82) is 0 Å². The van der Waals surface area contributed by atoms with Crippen LogP contribution in [-0.2, 0) is 9.53 Å². The van der Waals surface area contributed by atoms with E-state index >= 15 is 0 Å². The summed E-state index contributed by atoms with van der Waals surface area (Å²) in [5.41, 5.74) is -0.107.